The Bertz CT molecular complexity index is 905. The highest BCUT2D eigenvalue weighted by Crippen LogP contribution is 2.34. The molecule has 0 radical (unpaired) electrons. The lowest BCUT2D eigenvalue weighted by Gasteiger charge is -2.37. The lowest BCUT2D eigenvalue weighted by atomic mass is 10.0. The van der Waals surface area contributed by atoms with Crippen molar-refractivity contribution in [2.45, 2.75) is 52.6 Å². The minimum Gasteiger partial charge on any atom is -0.491 e. The summed E-state index contributed by atoms with van der Waals surface area (Å²) in [6.45, 7) is 11.5. The SMILES string of the molecule is CC(C)CN(CC(=O)N1CCc2sccc2[C@@H]1COc1ccccc1)C(=O)NC(C)(C)C. The second-order valence-corrected chi connectivity index (χ2v) is 10.7. The van der Waals surface area contributed by atoms with Crippen LogP contribution in [0.25, 0.3) is 0 Å². The molecule has 0 unspecified atom stereocenters. The van der Waals surface area contributed by atoms with E-state index in [1.165, 1.54) is 4.88 Å². The number of rotatable bonds is 7. The molecular weight excluding hydrogens is 422 g/mol. The van der Waals surface area contributed by atoms with Gasteiger partial charge in [0.2, 0.25) is 5.91 Å². The standard InChI is InChI=1S/C25H35N3O3S/c1-18(2)15-27(24(30)26-25(3,4)5)16-23(29)28-13-11-22-20(12-14-32-22)21(28)17-31-19-9-7-6-8-10-19/h6-10,12,14,18,21H,11,13,15-17H2,1-5H3,(H,26,30)/t21-/m0/s1. The van der Waals surface area contributed by atoms with Gasteiger partial charge in [-0.3, -0.25) is 4.79 Å². The summed E-state index contributed by atoms with van der Waals surface area (Å²) in [4.78, 5) is 31.2. The van der Waals surface area contributed by atoms with Crippen LogP contribution in [0, 0.1) is 5.92 Å². The number of amides is 3. The number of carbonyl (C=O) groups is 2. The first-order valence-corrected chi connectivity index (χ1v) is 12.1. The fourth-order valence-electron chi connectivity index (χ4n) is 3.88. The highest BCUT2D eigenvalue weighted by Gasteiger charge is 2.34. The maximum absolute atomic E-state index is 13.5. The van der Waals surface area contributed by atoms with Crippen molar-refractivity contribution in [1.82, 2.24) is 15.1 Å². The fraction of sp³-hybridized carbons (Fsp3) is 0.520. The van der Waals surface area contributed by atoms with Gasteiger partial charge in [0.15, 0.2) is 0 Å². The molecule has 32 heavy (non-hydrogen) atoms. The number of hydrogen-bond donors (Lipinski definition) is 1. The smallest absolute Gasteiger partial charge is 0.318 e. The lowest BCUT2D eigenvalue weighted by molar-refractivity contribution is -0.135. The van der Waals surface area contributed by atoms with E-state index in [9.17, 15) is 9.59 Å². The molecule has 2 heterocycles. The third-order valence-electron chi connectivity index (χ3n) is 5.25. The summed E-state index contributed by atoms with van der Waals surface area (Å²) in [5, 5.41) is 5.07. The highest BCUT2D eigenvalue weighted by atomic mass is 32.1. The number of thiophene rings is 1. The zero-order valence-electron chi connectivity index (χ0n) is 19.8. The Hall–Kier alpha value is -2.54. The van der Waals surface area contributed by atoms with Gasteiger partial charge in [-0.05, 0) is 62.3 Å². The fourth-order valence-corrected chi connectivity index (χ4v) is 4.81. The molecular formula is C25H35N3O3S. The molecule has 3 amide bonds. The predicted molar refractivity (Wildman–Crippen MR) is 129 cm³/mol. The Labute approximate surface area is 195 Å². The lowest BCUT2D eigenvalue weighted by Crippen LogP contribution is -2.53. The van der Waals surface area contributed by atoms with E-state index >= 15 is 0 Å². The van der Waals surface area contributed by atoms with Crippen LogP contribution in [0.4, 0.5) is 4.79 Å². The van der Waals surface area contributed by atoms with E-state index in [2.05, 4.69) is 30.6 Å². The first-order valence-electron chi connectivity index (χ1n) is 11.2. The number of ether oxygens (including phenoxy) is 1. The average molecular weight is 458 g/mol. The molecule has 6 nitrogen and oxygen atoms in total. The molecule has 0 bridgehead atoms. The molecule has 1 atom stereocenters. The Kier molecular flexibility index (Phi) is 7.82. The Morgan fingerprint density at radius 3 is 2.59 bits per heavy atom. The molecule has 0 spiro atoms. The summed E-state index contributed by atoms with van der Waals surface area (Å²) in [6, 6.07) is 11.4. The highest BCUT2D eigenvalue weighted by molar-refractivity contribution is 7.10. The topological polar surface area (TPSA) is 61.9 Å². The van der Waals surface area contributed by atoms with E-state index in [0.717, 1.165) is 17.7 Å². The van der Waals surface area contributed by atoms with Crippen LogP contribution in [0.1, 0.15) is 51.1 Å². The van der Waals surface area contributed by atoms with Crippen LogP contribution in [0.2, 0.25) is 0 Å². The molecule has 1 aliphatic rings. The van der Waals surface area contributed by atoms with Crippen molar-refractivity contribution in [1.29, 1.82) is 0 Å². The van der Waals surface area contributed by atoms with Crippen molar-refractivity contribution < 1.29 is 14.3 Å². The normalized spacial score (nSPS) is 15.9. The zero-order chi connectivity index (χ0) is 23.3. The van der Waals surface area contributed by atoms with E-state index in [1.807, 2.05) is 56.0 Å². The molecule has 1 aliphatic heterocycles. The number of nitrogens with one attached hydrogen (secondary N) is 1. The van der Waals surface area contributed by atoms with Gasteiger partial charge in [0.1, 0.15) is 18.9 Å². The summed E-state index contributed by atoms with van der Waals surface area (Å²) in [5.41, 5.74) is 0.790. The van der Waals surface area contributed by atoms with E-state index in [4.69, 9.17) is 4.74 Å². The quantitative estimate of drug-likeness (QED) is 0.654. The van der Waals surface area contributed by atoms with Gasteiger partial charge in [-0.1, -0.05) is 32.0 Å². The van der Waals surface area contributed by atoms with Gasteiger partial charge in [0, 0.05) is 23.5 Å². The van der Waals surface area contributed by atoms with Gasteiger partial charge >= 0.3 is 6.03 Å². The number of benzene rings is 1. The van der Waals surface area contributed by atoms with Gasteiger partial charge in [0.05, 0.1) is 6.04 Å². The molecule has 7 heteroatoms. The number of nitrogens with zero attached hydrogens (tertiary/aromatic N) is 2. The van der Waals surface area contributed by atoms with E-state index < -0.39 is 0 Å². The van der Waals surface area contributed by atoms with Gasteiger partial charge in [-0.2, -0.15) is 0 Å². The summed E-state index contributed by atoms with van der Waals surface area (Å²) in [6.07, 6.45) is 0.832. The minimum absolute atomic E-state index is 0.0479. The second kappa shape index (κ2) is 10.4. The predicted octanol–water partition coefficient (Wildman–Crippen LogP) is 4.72. The van der Waals surface area contributed by atoms with Crippen LogP contribution in [0.5, 0.6) is 5.75 Å². The molecule has 0 fully saturated rings. The monoisotopic (exact) mass is 457 g/mol. The molecule has 1 aromatic carbocycles. The Morgan fingerprint density at radius 2 is 1.94 bits per heavy atom. The largest absolute Gasteiger partial charge is 0.491 e. The van der Waals surface area contributed by atoms with Gasteiger partial charge in [-0.15, -0.1) is 11.3 Å². The molecule has 0 saturated heterocycles. The van der Waals surface area contributed by atoms with Crippen LogP contribution in [0.3, 0.4) is 0 Å². The van der Waals surface area contributed by atoms with Crippen molar-refractivity contribution in [3.63, 3.8) is 0 Å². The summed E-state index contributed by atoms with van der Waals surface area (Å²) < 4.78 is 6.05. The van der Waals surface area contributed by atoms with Crippen molar-refractivity contribution >= 4 is 23.3 Å². The Balaban J connectivity index is 1.76. The molecule has 0 aliphatic carbocycles. The number of fused-ring (bicyclic) bond motifs is 1. The molecule has 1 N–H and O–H groups in total. The van der Waals surface area contributed by atoms with Crippen molar-refractivity contribution in [2.75, 3.05) is 26.2 Å². The molecule has 0 saturated carbocycles. The number of para-hydroxylation sites is 1. The van der Waals surface area contributed by atoms with Crippen LogP contribution in [-0.4, -0.2) is 53.5 Å². The van der Waals surface area contributed by atoms with Gasteiger partial charge in [-0.25, -0.2) is 4.79 Å². The number of urea groups is 1. The van der Waals surface area contributed by atoms with Crippen molar-refractivity contribution in [3.05, 3.63) is 52.2 Å². The first-order chi connectivity index (χ1) is 15.1. The van der Waals surface area contributed by atoms with E-state index in [1.54, 1.807) is 16.2 Å². The van der Waals surface area contributed by atoms with Crippen LogP contribution in [0.15, 0.2) is 41.8 Å². The van der Waals surface area contributed by atoms with E-state index in [0.29, 0.717) is 19.7 Å². The molecule has 1 aromatic heterocycles. The summed E-state index contributed by atoms with van der Waals surface area (Å²) in [5.74, 6) is 0.997. The van der Waals surface area contributed by atoms with Crippen LogP contribution >= 0.6 is 11.3 Å². The van der Waals surface area contributed by atoms with Crippen molar-refractivity contribution in [3.8, 4) is 5.75 Å². The summed E-state index contributed by atoms with van der Waals surface area (Å²) >= 11 is 1.73. The van der Waals surface area contributed by atoms with Gasteiger partial charge < -0.3 is 19.9 Å². The number of carbonyl (C=O) groups excluding carboxylic acids is 2. The minimum atomic E-state index is -0.363. The van der Waals surface area contributed by atoms with E-state index in [-0.39, 0.29) is 36.0 Å². The molecule has 3 rings (SSSR count). The third kappa shape index (κ3) is 6.48. The third-order valence-corrected chi connectivity index (χ3v) is 6.24. The summed E-state index contributed by atoms with van der Waals surface area (Å²) in [7, 11) is 0. The Morgan fingerprint density at radius 1 is 1.22 bits per heavy atom. The van der Waals surface area contributed by atoms with Gasteiger partial charge in [0.25, 0.3) is 0 Å². The number of hydrogen-bond acceptors (Lipinski definition) is 4. The average Bonchev–Trinajstić information content (AvgIpc) is 3.19. The maximum Gasteiger partial charge on any atom is 0.318 e. The first kappa shape index (κ1) is 24.1. The van der Waals surface area contributed by atoms with Crippen LogP contribution in [-0.2, 0) is 11.2 Å². The second-order valence-electron chi connectivity index (χ2n) is 9.73. The zero-order valence-corrected chi connectivity index (χ0v) is 20.6. The molecule has 174 valence electrons. The van der Waals surface area contributed by atoms with Crippen LogP contribution < -0.4 is 10.1 Å². The maximum atomic E-state index is 13.5. The molecule has 2 aromatic rings. The van der Waals surface area contributed by atoms with Crippen molar-refractivity contribution in [2.24, 2.45) is 5.92 Å².